The fourth-order valence-corrected chi connectivity index (χ4v) is 1.42. The van der Waals surface area contributed by atoms with E-state index in [1.165, 1.54) is 6.20 Å². The third kappa shape index (κ3) is 5.73. The first kappa shape index (κ1) is 14.8. The molecule has 0 bridgehead atoms. The summed E-state index contributed by atoms with van der Waals surface area (Å²) >= 11 is 0. The molecule has 4 heteroatoms. The van der Waals surface area contributed by atoms with E-state index in [2.05, 4.69) is 24.5 Å². The predicted molar refractivity (Wildman–Crippen MR) is 74.8 cm³/mol. The molecule has 0 heterocycles. The summed E-state index contributed by atoms with van der Waals surface area (Å²) < 4.78 is 0. The van der Waals surface area contributed by atoms with Crippen LogP contribution in [0.25, 0.3) is 0 Å². The summed E-state index contributed by atoms with van der Waals surface area (Å²) in [5.74, 6) is 0.103. The molecular weight excluding hydrogens is 238 g/mol. The van der Waals surface area contributed by atoms with Gasteiger partial charge in [0.15, 0.2) is 0 Å². The van der Waals surface area contributed by atoms with E-state index < -0.39 is 0 Å². The molecule has 0 aliphatic carbocycles. The quantitative estimate of drug-likeness (QED) is 0.605. The van der Waals surface area contributed by atoms with Crippen molar-refractivity contribution in [1.29, 1.82) is 5.26 Å². The second-order valence-corrected chi connectivity index (χ2v) is 4.64. The number of nitrogens with one attached hydrogen (secondary N) is 2. The molecule has 1 rings (SSSR count). The number of carbonyl (C=O) groups excluding carboxylic acids is 1. The zero-order valence-electron chi connectivity index (χ0n) is 11.3. The van der Waals surface area contributed by atoms with Gasteiger partial charge >= 0.3 is 0 Å². The van der Waals surface area contributed by atoms with Gasteiger partial charge in [0.2, 0.25) is 0 Å². The van der Waals surface area contributed by atoms with Crippen LogP contribution in [0.5, 0.6) is 0 Å². The van der Waals surface area contributed by atoms with Gasteiger partial charge in [-0.05, 0) is 11.5 Å². The number of nitrogens with zero attached hydrogens (tertiary/aromatic N) is 1. The summed E-state index contributed by atoms with van der Waals surface area (Å²) in [6.07, 6.45) is 1.47. The van der Waals surface area contributed by atoms with Crippen LogP contribution in [-0.4, -0.2) is 12.5 Å². The van der Waals surface area contributed by atoms with Crippen molar-refractivity contribution < 1.29 is 4.79 Å². The third-order valence-electron chi connectivity index (χ3n) is 2.43. The van der Waals surface area contributed by atoms with Crippen LogP contribution in [0.1, 0.15) is 19.4 Å². The molecule has 19 heavy (non-hydrogen) atoms. The summed E-state index contributed by atoms with van der Waals surface area (Å²) in [5.41, 5.74) is 1.10. The number of rotatable bonds is 6. The van der Waals surface area contributed by atoms with E-state index in [0.717, 1.165) is 12.1 Å². The molecule has 0 saturated heterocycles. The highest BCUT2D eigenvalue weighted by atomic mass is 16.1. The number of benzene rings is 1. The van der Waals surface area contributed by atoms with Crippen LogP contribution < -0.4 is 10.6 Å². The molecule has 2 N–H and O–H groups in total. The van der Waals surface area contributed by atoms with Crippen molar-refractivity contribution in [2.45, 2.75) is 20.4 Å². The van der Waals surface area contributed by atoms with E-state index in [4.69, 9.17) is 5.26 Å². The Balaban J connectivity index is 2.48. The lowest BCUT2D eigenvalue weighted by Crippen LogP contribution is -2.25. The third-order valence-corrected chi connectivity index (χ3v) is 2.43. The molecule has 0 aromatic heterocycles. The normalized spacial score (nSPS) is 10.9. The van der Waals surface area contributed by atoms with Gasteiger partial charge in [-0.15, -0.1) is 0 Å². The molecule has 1 aromatic carbocycles. The first-order valence-electron chi connectivity index (χ1n) is 6.29. The van der Waals surface area contributed by atoms with Crippen molar-refractivity contribution in [1.82, 2.24) is 10.6 Å². The predicted octanol–water partition coefficient (Wildman–Crippen LogP) is 1.96. The molecule has 0 saturated carbocycles. The van der Waals surface area contributed by atoms with Crippen LogP contribution in [0, 0.1) is 17.2 Å². The van der Waals surface area contributed by atoms with Crippen molar-refractivity contribution in [2.24, 2.45) is 5.92 Å². The van der Waals surface area contributed by atoms with E-state index in [1.807, 2.05) is 36.4 Å². The van der Waals surface area contributed by atoms with Crippen LogP contribution in [0.3, 0.4) is 0 Å². The van der Waals surface area contributed by atoms with E-state index in [9.17, 15) is 4.79 Å². The van der Waals surface area contributed by atoms with Gasteiger partial charge in [0, 0.05) is 19.3 Å². The maximum Gasteiger partial charge on any atom is 0.263 e. The van der Waals surface area contributed by atoms with Crippen LogP contribution in [0.2, 0.25) is 0 Å². The standard InChI is InChI=1S/C15H19N3O/c1-12(2)9-17-11-14(8-16)15(19)18-10-13-6-4-3-5-7-13/h3-7,11-12,17H,9-10H2,1-2H3,(H,18,19)/b14-11-. The van der Waals surface area contributed by atoms with E-state index in [0.29, 0.717) is 12.5 Å². The monoisotopic (exact) mass is 257 g/mol. The van der Waals surface area contributed by atoms with Crippen molar-refractivity contribution in [3.63, 3.8) is 0 Å². The minimum absolute atomic E-state index is 0.0941. The van der Waals surface area contributed by atoms with Gasteiger partial charge < -0.3 is 10.6 Å². The van der Waals surface area contributed by atoms with Crippen LogP contribution in [0.4, 0.5) is 0 Å². The molecule has 4 nitrogen and oxygen atoms in total. The molecule has 0 unspecified atom stereocenters. The Morgan fingerprint density at radius 1 is 1.37 bits per heavy atom. The highest BCUT2D eigenvalue weighted by Crippen LogP contribution is 1.99. The summed E-state index contributed by atoms with van der Waals surface area (Å²) in [6, 6.07) is 11.5. The molecule has 0 aliphatic rings. The van der Waals surface area contributed by atoms with E-state index in [1.54, 1.807) is 0 Å². The van der Waals surface area contributed by atoms with Crippen LogP contribution in [-0.2, 0) is 11.3 Å². The lowest BCUT2D eigenvalue weighted by Gasteiger charge is -2.06. The molecule has 100 valence electrons. The second-order valence-electron chi connectivity index (χ2n) is 4.64. The largest absolute Gasteiger partial charge is 0.389 e. The Bertz CT molecular complexity index is 472. The van der Waals surface area contributed by atoms with E-state index >= 15 is 0 Å². The Hall–Kier alpha value is -2.28. The first-order chi connectivity index (χ1) is 9.13. The zero-order valence-corrected chi connectivity index (χ0v) is 11.3. The molecule has 0 radical (unpaired) electrons. The van der Waals surface area contributed by atoms with Crippen molar-refractivity contribution >= 4 is 5.91 Å². The minimum Gasteiger partial charge on any atom is -0.389 e. The molecule has 1 aromatic rings. The molecule has 0 atom stereocenters. The summed E-state index contributed by atoms with van der Waals surface area (Å²) in [7, 11) is 0. The molecular formula is C15H19N3O. The minimum atomic E-state index is -0.359. The molecule has 0 fully saturated rings. The van der Waals surface area contributed by atoms with Crippen molar-refractivity contribution in [3.05, 3.63) is 47.7 Å². The lowest BCUT2D eigenvalue weighted by atomic mass is 10.2. The Kier molecular flexibility index (Phi) is 6.17. The van der Waals surface area contributed by atoms with Gasteiger partial charge in [-0.2, -0.15) is 5.26 Å². The Morgan fingerprint density at radius 2 is 2.05 bits per heavy atom. The fourth-order valence-electron chi connectivity index (χ4n) is 1.42. The summed E-state index contributed by atoms with van der Waals surface area (Å²) in [5, 5.41) is 14.6. The van der Waals surface area contributed by atoms with Crippen molar-refractivity contribution in [3.8, 4) is 6.07 Å². The number of nitriles is 1. The van der Waals surface area contributed by atoms with Gasteiger partial charge in [-0.1, -0.05) is 44.2 Å². The molecule has 1 amide bonds. The fraction of sp³-hybridized carbons (Fsp3) is 0.333. The molecule has 0 aliphatic heterocycles. The average molecular weight is 257 g/mol. The maximum absolute atomic E-state index is 11.8. The molecule has 0 spiro atoms. The van der Waals surface area contributed by atoms with E-state index in [-0.39, 0.29) is 11.5 Å². The topological polar surface area (TPSA) is 64.9 Å². The number of carbonyl (C=O) groups is 1. The average Bonchev–Trinajstić information content (AvgIpc) is 2.42. The highest BCUT2D eigenvalue weighted by molar-refractivity contribution is 5.97. The van der Waals surface area contributed by atoms with Crippen LogP contribution >= 0.6 is 0 Å². The second kappa shape index (κ2) is 7.93. The smallest absolute Gasteiger partial charge is 0.263 e. The zero-order chi connectivity index (χ0) is 14.1. The van der Waals surface area contributed by atoms with Gasteiger partial charge in [-0.25, -0.2) is 0 Å². The van der Waals surface area contributed by atoms with Crippen LogP contribution in [0.15, 0.2) is 42.1 Å². The first-order valence-corrected chi connectivity index (χ1v) is 6.29. The Labute approximate surface area is 114 Å². The number of amides is 1. The van der Waals surface area contributed by atoms with Gasteiger partial charge in [-0.3, -0.25) is 4.79 Å². The summed E-state index contributed by atoms with van der Waals surface area (Å²) in [4.78, 5) is 11.8. The SMILES string of the molecule is CC(C)CN/C=C(/C#N)C(=O)NCc1ccccc1. The summed E-state index contributed by atoms with van der Waals surface area (Å²) in [6.45, 7) is 5.27. The van der Waals surface area contributed by atoms with Gasteiger partial charge in [0.05, 0.1) is 0 Å². The lowest BCUT2D eigenvalue weighted by molar-refractivity contribution is -0.117. The highest BCUT2D eigenvalue weighted by Gasteiger charge is 2.07. The van der Waals surface area contributed by atoms with Gasteiger partial charge in [0.1, 0.15) is 11.6 Å². The number of hydrogen-bond acceptors (Lipinski definition) is 3. The van der Waals surface area contributed by atoms with Crippen molar-refractivity contribution in [2.75, 3.05) is 6.54 Å². The Morgan fingerprint density at radius 3 is 2.63 bits per heavy atom. The maximum atomic E-state index is 11.8. The van der Waals surface area contributed by atoms with Gasteiger partial charge in [0.25, 0.3) is 5.91 Å². The number of hydrogen-bond donors (Lipinski definition) is 2.